The van der Waals surface area contributed by atoms with Crippen molar-refractivity contribution in [3.05, 3.63) is 24.3 Å². The molecule has 1 N–H and O–H groups in total. The molecule has 3 aliphatic rings. The molecule has 1 amide bonds. The highest BCUT2D eigenvalue weighted by atomic mass is 16.6. The van der Waals surface area contributed by atoms with Crippen molar-refractivity contribution in [2.45, 2.75) is 25.0 Å². The number of carbonyl (C=O) groups excluding carboxylic acids is 1. The smallest absolute Gasteiger partial charge is 0.267 e. The summed E-state index contributed by atoms with van der Waals surface area (Å²) in [5, 5.41) is 3.52. The highest BCUT2D eigenvalue weighted by Crippen LogP contribution is 2.32. The molecule has 3 aliphatic heterocycles. The number of nitrogens with one attached hydrogen (secondary N) is 1. The van der Waals surface area contributed by atoms with Gasteiger partial charge in [0.25, 0.3) is 5.91 Å². The normalized spacial score (nSPS) is 30.9. The highest BCUT2D eigenvalue weighted by molar-refractivity contribution is 5.82. The summed E-state index contributed by atoms with van der Waals surface area (Å²) in [5.41, 5.74) is 0. The molecule has 2 saturated heterocycles. The van der Waals surface area contributed by atoms with Crippen LogP contribution >= 0.6 is 0 Å². The summed E-state index contributed by atoms with van der Waals surface area (Å²) in [5.74, 6) is 2.04. The van der Waals surface area contributed by atoms with E-state index in [-0.39, 0.29) is 5.91 Å². The lowest BCUT2D eigenvalue weighted by molar-refractivity contribution is -0.140. The SMILES string of the molecule is O=C(C1COc2ccccc2O1)N1C[C@@H]2CCCN[C@@H]2C1. The van der Waals surface area contributed by atoms with E-state index < -0.39 is 6.10 Å². The quantitative estimate of drug-likeness (QED) is 0.839. The van der Waals surface area contributed by atoms with E-state index in [0.717, 1.165) is 25.4 Å². The number of carbonyl (C=O) groups is 1. The number of hydrogen-bond donors (Lipinski definition) is 1. The molecule has 5 heteroatoms. The number of rotatable bonds is 1. The molecule has 2 fully saturated rings. The Kier molecular flexibility index (Phi) is 3.22. The minimum absolute atomic E-state index is 0.0562. The molecule has 21 heavy (non-hydrogen) atoms. The van der Waals surface area contributed by atoms with Gasteiger partial charge in [-0.3, -0.25) is 4.79 Å². The molecular weight excluding hydrogens is 268 g/mol. The fourth-order valence-corrected chi connectivity index (χ4v) is 3.57. The molecular formula is C16H20N2O3. The molecule has 3 atom stereocenters. The third kappa shape index (κ3) is 2.35. The van der Waals surface area contributed by atoms with E-state index in [1.165, 1.54) is 12.8 Å². The topological polar surface area (TPSA) is 50.8 Å². The zero-order valence-corrected chi connectivity index (χ0v) is 12.0. The largest absolute Gasteiger partial charge is 0.485 e. The van der Waals surface area contributed by atoms with Gasteiger partial charge in [0.1, 0.15) is 6.61 Å². The molecule has 0 aromatic heterocycles. The number of hydrogen-bond acceptors (Lipinski definition) is 4. The van der Waals surface area contributed by atoms with Crippen molar-refractivity contribution in [1.82, 2.24) is 10.2 Å². The Morgan fingerprint density at radius 2 is 2.10 bits per heavy atom. The number of ether oxygens (including phenoxy) is 2. The van der Waals surface area contributed by atoms with Gasteiger partial charge in [0.15, 0.2) is 11.5 Å². The average Bonchev–Trinajstić information content (AvgIpc) is 2.97. The maximum absolute atomic E-state index is 12.6. The van der Waals surface area contributed by atoms with Gasteiger partial charge < -0.3 is 19.7 Å². The van der Waals surface area contributed by atoms with Crippen molar-refractivity contribution in [3.63, 3.8) is 0 Å². The van der Waals surface area contributed by atoms with Crippen molar-refractivity contribution in [2.75, 3.05) is 26.2 Å². The van der Waals surface area contributed by atoms with Crippen LogP contribution in [0.4, 0.5) is 0 Å². The maximum atomic E-state index is 12.6. The van der Waals surface area contributed by atoms with E-state index in [1.54, 1.807) is 0 Å². The minimum Gasteiger partial charge on any atom is -0.485 e. The van der Waals surface area contributed by atoms with Gasteiger partial charge in [-0.25, -0.2) is 0 Å². The predicted molar refractivity (Wildman–Crippen MR) is 77.4 cm³/mol. The summed E-state index contributed by atoms with van der Waals surface area (Å²) in [7, 11) is 0. The standard InChI is InChI=1S/C16H20N2O3/c19-16(18-8-11-4-3-7-17-12(11)9-18)15-10-20-13-5-1-2-6-14(13)21-15/h1-2,5-6,11-12,15,17H,3-4,7-10H2/t11-,12+,15?/m0/s1. The van der Waals surface area contributed by atoms with Gasteiger partial charge in [-0.15, -0.1) is 0 Å². The van der Waals surface area contributed by atoms with Gasteiger partial charge in [-0.05, 0) is 37.4 Å². The number of benzene rings is 1. The lowest BCUT2D eigenvalue weighted by atomic mass is 9.94. The Hall–Kier alpha value is -1.75. The maximum Gasteiger partial charge on any atom is 0.267 e. The first kappa shape index (κ1) is 13.0. The molecule has 0 saturated carbocycles. The summed E-state index contributed by atoms with van der Waals surface area (Å²) >= 11 is 0. The Balaban J connectivity index is 1.44. The van der Waals surface area contributed by atoms with E-state index >= 15 is 0 Å². The zero-order valence-electron chi connectivity index (χ0n) is 12.0. The van der Waals surface area contributed by atoms with Gasteiger partial charge in [-0.1, -0.05) is 12.1 Å². The Morgan fingerprint density at radius 3 is 2.95 bits per heavy atom. The van der Waals surface area contributed by atoms with Crippen molar-refractivity contribution in [3.8, 4) is 11.5 Å². The van der Waals surface area contributed by atoms with Crippen LogP contribution in [0.5, 0.6) is 11.5 Å². The number of likely N-dealkylation sites (tertiary alicyclic amines) is 1. The summed E-state index contributed by atoms with van der Waals surface area (Å²) in [6, 6.07) is 7.97. The molecule has 0 bridgehead atoms. The number of nitrogens with zero attached hydrogens (tertiary/aromatic N) is 1. The van der Waals surface area contributed by atoms with E-state index in [4.69, 9.17) is 9.47 Å². The van der Waals surface area contributed by atoms with Gasteiger partial charge in [0, 0.05) is 19.1 Å². The van der Waals surface area contributed by atoms with Crippen LogP contribution in [0.1, 0.15) is 12.8 Å². The number of fused-ring (bicyclic) bond motifs is 2. The van der Waals surface area contributed by atoms with Crippen molar-refractivity contribution >= 4 is 5.91 Å². The Morgan fingerprint density at radius 1 is 1.24 bits per heavy atom. The second-order valence-corrected chi connectivity index (χ2v) is 6.07. The molecule has 1 unspecified atom stereocenters. The first-order chi connectivity index (χ1) is 10.3. The molecule has 1 aromatic rings. The van der Waals surface area contributed by atoms with Crippen LogP contribution in [0.25, 0.3) is 0 Å². The lowest BCUT2D eigenvalue weighted by Crippen LogP contribution is -2.46. The first-order valence-electron chi connectivity index (χ1n) is 7.72. The molecule has 5 nitrogen and oxygen atoms in total. The molecule has 1 aromatic carbocycles. The molecule has 112 valence electrons. The van der Waals surface area contributed by atoms with Crippen molar-refractivity contribution in [2.24, 2.45) is 5.92 Å². The van der Waals surface area contributed by atoms with Crippen LogP contribution in [0, 0.1) is 5.92 Å². The molecule has 0 radical (unpaired) electrons. The van der Waals surface area contributed by atoms with Crippen molar-refractivity contribution < 1.29 is 14.3 Å². The monoisotopic (exact) mass is 288 g/mol. The van der Waals surface area contributed by atoms with Crippen LogP contribution in [-0.4, -0.2) is 49.2 Å². The van der Waals surface area contributed by atoms with Gasteiger partial charge in [0.05, 0.1) is 0 Å². The van der Waals surface area contributed by atoms with Crippen LogP contribution in [0.15, 0.2) is 24.3 Å². The van der Waals surface area contributed by atoms with E-state index in [1.807, 2.05) is 29.2 Å². The highest BCUT2D eigenvalue weighted by Gasteiger charge is 2.40. The van der Waals surface area contributed by atoms with Crippen molar-refractivity contribution in [1.29, 1.82) is 0 Å². The minimum atomic E-state index is -0.514. The summed E-state index contributed by atoms with van der Waals surface area (Å²) in [4.78, 5) is 14.6. The van der Waals surface area contributed by atoms with Gasteiger partial charge in [-0.2, -0.15) is 0 Å². The summed E-state index contributed by atoms with van der Waals surface area (Å²) in [6.45, 7) is 3.01. The first-order valence-corrected chi connectivity index (χ1v) is 7.72. The fourth-order valence-electron chi connectivity index (χ4n) is 3.57. The van der Waals surface area contributed by atoms with Crippen LogP contribution < -0.4 is 14.8 Å². The molecule has 3 heterocycles. The van der Waals surface area contributed by atoms with E-state index in [2.05, 4.69) is 5.32 Å². The molecule has 0 aliphatic carbocycles. The second-order valence-electron chi connectivity index (χ2n) is 6.07. The second kappa shape index (κ2) is 5.22. The number of para-hydroxylation sites is 2. The fraction of sp³-hybridized carbons (Fsp3) is 0.562. The van der Waals surface area contributed by atoms with E-state index in [0.29, 0.717) is 24.3 Å². The number of piperidine rings is 1. The third-order valence-corrected chi connectivity index (χ3v) is 4.69. The third-order valence-electron chi connectivity index (χ3n) is 4.69. The van der Waals surface area contributed by atoms with Crippen LogP contribution in [0.2, 0.25) is 0 Å². The van der Waals surface area contributed by atoms with Gasteiger partial charge in [0.2, 0.25) is 6.10 Å². The summed E-state index contributed by atoms with van der Waals surface area (Å²) in [6.07, 6.45) is 1.91. The zero-order chi connectivity index (χ0) is 14.2. The summed E-state index contributed by atoms with van der Waals surface area (Å²) < 4.78 is 11.5. The molecule has 0 spiro atoms. The molecule has 4 rings (SSSR count). The predicted octanol–water partition coefficient (Wildman–Crippen LogP) is 1.04. The van der Waals surface area contributed by atoms with Crippen LogP contribution in [-0.2, 0) is 4.79 Å². The van der Waals surface area contributed by atoms with Gasteiger partial charge >= 0.3 is 0 Å². The number of amides is 1. The Labute approximate surface area is 124 Å². The van der Waals surface area contributed by atoms with Crippen LogP contribution in [0.3, 0.4) is 0 Å². The average molecular weight is 288 g/mol. The lowest BCUT2D eigenvalue weighted by Gasteiger charge is -2.28. The van der Waals surface area contributed by atoms with E-state index in [9.17, 15) is 4.79 Å². The Bertz CT molecular complexity index is 534.